The molecule has 1 rings (SSSR count). The normalized spacial score (nSPS) is 11.6. The van der Waals surface area contributed by atoms with E-state index in [0.29, 0.717) is 12.2 Å². The Balaban J connectivity index is 2.08. The topological polar surface area (TPSA) is 54.4 Å². The van der Waals surface area contributed by atoms with Gasteiger partial charge in [0.05, 0.1) is 5.75 Å². The third-order valence-electron chi connectivity index (χ3n) is 2.83. The molecule has 5 heteroatoms. The summed E-state index contributed by atoms with van der Waals surface area (Å²) in [6.45, 7) is 0. The zero-order chi connectivity index (χ0) is 13.4. The van der Waals surface area contributed by atoms with Crippen LogP contribution in [-0.2, 0) is 16.6 Å². The minimum Gasteiger partial charge on any atom is -0.508 e. The highest BCUT2D eigenvalue weighted by atomic mass is 32.3. The molecule has 0 unspecified atom stereocenters. The molecule has 0 aliphatic carbocycles. The second-order valence-electron chi connectivity index (χ2n) is 4.39. The number of phenolic OH excluding ortho intramolecular Hbond substituents is 1. The lowest BCUT2D eigenvalue weighted by molar-refractivity contribution is 0.466. The van der Waals surface area contributed by atoms with Crippen molar-refractivity contribution < 1.29 is 17.4 Å². The highest BCUT2D eigenvalue weighted by Crippen LogP contribution is 2.18. The van der Waals surface area contributed by atoms with Gasteiger partial charge < -0.3 is 5.11 Å². The minimum absolute atomic E-state index is 0.320. The van der Waals surface area contributed by atoms with E-state index in [4.69, 9.17) is 0 Å². The quantitative estimate of drug-likeness (QED) is 0.585. The Morgan fingerprint density at radius 3 is 2.28 bits per heavy atom. The van der Waals surface area contributed by atoms with Crippen LogP contribution in [0.2, 0.25) is 0 Å². The van der Waals surface area contributed by atoms with E-state index < -0.39 is 10.2 Å². The Hall–Kier alpha value is -1.10. The van der Waals surface area contributed by atoms with Crippen LogP contribution in [0.5, 0.6) is 5.75 Å². The van der Waals surface area contributed by atoms with E-state index >= 15 is 0 Å². The van der Waals surface area contributed by atoms with E-state index in [-0.39, 0.29) is 5.75 Å². The molecule has 102 valence electrons. The van der Waals surface area contributed by atoms with E-state index in [1.165, 1.54) is 0 Å². The van der Waals surface area contributed by atoms with Crippen molar-refractivity contribution in [2.75, 3.05) is 5.75 Å². The van der Waals surface area contributed by atoms with Gasteiger partial charge in [0.1, 0.15) is 5.75 Å². The number of aromatic hydroxyl groups is 1. The zero-order valence-corrected chi connectivity index (χ0v) is 11.1. The maximum atomic E-state index is 12.2. The van der Waals surface area contributed by atoms with Crippen molar-refractivity contribution in [3.05, 3.63) is 29.8 Å². The molecule has 0 spiro atoms. The number of phenols is 1. The lowest BCUT2D eigenvalue weighted by Gasteiger charge is -2.04. The van der Waals surface area contributed by atoms with Crippen LogP contribution in [0.4, 0.5) is 3.89 Å². The fraction of sp³-hybridized carbons (Fsp3) is 0.538. The average molecular weight is 274 g/mol. The van der Waals surface area contributed by atoms with Crippen molar-refractivity contribution >= 4 is 10.2 Å². The number of para-hydroxylation sites is 1. The molecule has 0 saturated heterocycles. The second kappa shape index (κ2) is 7.36. The van der Waals surface area contributed by atoms with Gasteiger partial charge in [0.25, 0.3) is 0 Å². The minimum atomic E-state index is -4.30. The van der Waals surface area contributed by atoms with Crippen LogP contribution in [0.15, 0.2) is 24.3 Å². The molecule has 1 N–H and O–H groups in total. The first-order valence-corrected chi connectivity index (χ1v) is 7.73. The van der Waals surface area contributed by atoms with Crippen LogP contribution < -0.4 is 0 Å². The van der Waals surface area contributed by atoms with Gasteiger partial charge in [0.2, 0.25) is 0 Å². The van der Waals surface area contributed by atoms with Gasteiger partial charge in [-0.3, -0.25) is 0 Å². The van der Waals surface area contributed by atoms with Gasteiger partial charge in [0.15, 0.2) is 0 Å². The van der Waals surface area contributed by atoms with Crippen LogP contribution in [0.1, 0.15) is 37.7 Å². The summed E-state index contributed by atoms with van der Waals surface area (Å²) in [6.07, 6.45) is 4.72. The van der Waals surface area contributed by atoms with Crippen molar-refractivity contribution in [2.45, 2.75) is 38.5 Å². The van der Waals surface area contributed by atoms with Crippen LogP contribution >= 0.6 is 0 Å². The Morgan fingerprint density at radius 2 is 1.61 bits per heavy atom. The van der Waals surface area contributed by atoms with Gasteiger partial charge in [-0.1, -0.05) is 37.5 Å². The predicted molar refractivity (Wildman–Crippen MR) is 69.8 cm³/mol. The molecule has 0 atom stereocenters. The van der Waals surface area contributed by atoms with E-state index in [2.05, 4.69) is 0 Å². The molecule has 0 saturated carbocycles. The fourth-order valence-corrected chi connectivity index (χ4v) is 2.39. The van der Waals surface area contributed by atoms with Crippen LogP contribution in [0.3, 0.4) is 0 Å². The van der Waals surface area contributed by atoms with E-state index in [1.54, 1.807) is 12.1 Å². The first-order valence-electron chi connectivity index (χ1n) is 6.18. The summed E-state index contributed by atoms with van der Waals surface area (Å²) in [5.74, 6) is -0.0482. The molecule has 0 amide bonds. The monoisotopic (exact) mass is 274 g/mol. The Bertz CT molecular complexity index is 457. The number of rotatable bonds is 8. The first-order chi connectivity index (χ1) is 8.49. The first kappa shape index (κ1) is 15.0. The predicted octanol–water partition coefficient (Wildman–Crippen LogP) is 3.18. The van der Waals surface area contributed by atoms with Gasteiger partial charge in [-0.15, -0.1) is 3.89 Å². The number of unbranched alkanes of at least 4 members (excludes halogenated alkanes) is 4. The van der Waals surface area contributed by atoms with Crippen LogP contribution in [0, 0.1) is 0 Å². The smallest absolute Gasteiger partial charge is 0.302 e. The molecule has 0 aliphatic rings. The summed E-state index contributed by atoms with van der Waals surface area (Å²) in [6, 6.07) is 7.24. The maximum absolute atomic E-state index is 12.2. The van der Waals surface area contributed by atoms with Gasteiger partial charge in [0, 0.05) is 0 Å². The number of hydrogen-bond donors (Lipinski definition) is 1. The number of aryl methyl sites for hydroxylation is 1. The zero-order valence-electron chi connectivity index (χ0n) is 10.3. The highest BCUT2D eigenvalue weighted by molar-refractivity contribution is 7.86. The Kier molecular flexibility index (Phi) is 6.12. The highest BCUT2D eigenvalue weighted by Gasteiger charge is 2.05. The third kappa shape index (κ3) is 6.59. The average Bonchev–Trinajstić information content (AvgIpc) is 2.28. The number of hydrogen-bond acceptors (Lipinski definition) is 3. The van der Waals surface area contributed by atoms with E-state index in [0.717, 1.165) is 37.7 Å². The van der Waals surface area contributed by atoms with Crippen molar-refractivity contribution in [1.29, 1.82) is 0 Å². The number of halogens is 1. The van der Waals surface area contributed by atoms with Crippen molar-refractivity contribution in [3.8, 4) is 5.75 Å². The molecule has 0 fully saturated rings. The van der Waals surface area contributed by atoms with Gasteiger partial charge >= 0.3 is 10.2 Å². The van der Waals surface area contributed by atoms with E-state index in [1.807, 2.05) is 12.1 Å². The van der Waals surface area contributed by atoms with Crippen molar-refractivity contribution in [1.82, 2.24) is 0 Å². The molecule has 0 aliphatic heterocycles. The summed E-state index contributed by atoms with van der Waals surface area (Å²) in [5, 5.41) is 9.53. The largest absolute Gasteiger partial charge is 0.508 e. The number of benzene rings is 1. The Labute approximate surface area is 108 Å². The second-order valence-corrected chi connectivity index (χ2v) is 5.88. The summed E-state index contributed by atoms with van der Waals surface area (Å²) in [4.78, 5) is 0. The standard InChI is InChI=1S/C13H19FO3S/c14-18(16,17)11-7-3-1-2-4-8-12-9-5-6-10-13(12)15/h5-6,9-10,15H,1-4,7-8,11H2. The molecular weight excluding hydrogens is 255 g/mol. The van der Waals surface area contributed by atoms with Crippen molar-refractivity contribution in [2.24, 2.45) is 0 Å². The molecule has 1 aromatic rings. The van der Waals surface area contributed by atoms with E-state index in [9.17, 15) is 17.4 Å². The molecule has 0 bridgehead atoms. The molecule has 18 heavy (non-hydrogen) atoms. The van der Waals surface area contributed by atoms with Crippen molar-refractivity contribution in [3.63, 3.8) is 0 Å². The van der Waals surface area contributed by atoms with Gasteiger partial charge in [-0.2, -0.15) is 8.42 Å². The van der Waals surface area contributed by atoms with Crippen LogP contribution in [0.25, 0.3) is 0 Å². The lowest BCUT2D eigenvalue weighted by Crippen LogP contribution is -1.97. The lowest BCUT2D eigenvalue weighted by atomic mass is 10.0. The SMILES string of the molecule is O=S(=O)(F)CCCCCCCc1ccccc1O. The maximum Gasteiger partial charge on any atom is 0.302 e. The molecule has 0 radical (unpaired) electrons. The summed E-state index contributed by atoms with van der Waals surface area (Å²) < 4.78 is 32.7. The van der Waals surface area contributed by atoms with Gasteiger partial charge in [-0.25, -0.2) is 0 Å². The summed E-state index contributed by atoms with van der Waals surface area (Å²) >= 11 is 0. The Morgan fingerprint density at radius 1 is 1.00 bits per heavy atom. The third-order valence-corrected chi connectivity index (χ3v) is 3.60. The summed E-state index contributed by atoms with van der Waals surface area (Å²) in [5.41, 5.74) is 0.934. The summed E-state index contributed by atoms with van der Waals surface area (Å²) in [7, 11) is -4.30. The molecule has 0 heterocycles. The molecular formula is C13H19FO3S. The molecule has 1 aromatic carbocycles. The molecule has 3 nitrogen and oxygen atoms in total. The molecule has 0 aromatic heterocycles. The fourth-order valence-electron chi connectivity index (χ4n) is 1.84. The van der Waals surface area contributed by atoms with Gasteiger partial charge in [-0.05, 0) is 30.9 Å². The van der Waals surface area contributed by atoms with Crippen LogP contribution in [-0.4, -0.2) is 19.3 Å².